The first-order valence-electron chi connectivity index (χ1n) is 2.73. The second-order valence-corrected chi connectivity index (χ2v) is 2.82. The Morgan fingerprint density at radius 2 is 2.36 bits per heavy atom. The van der Waals surface area contributed by atoms with Gasteiger partial charge in [-0.3, -0.25) is 0 Å². The minimum Gasteiger partial charge on any atom is -0.460 e. The topological polar surface area (TPSA) is 55.7 Å². The number of aliphatic imine (C=N–C) groups is 1. The molecule has 0 atom stereocenters. The second-order valence-electron chi connectivity index (χ2n) is 1.51. The van der Waals surface area contributed by atoms with Crippen molar-refractivity contribution in [2.45, 2.75) is 0 Å². The average molecular weight is 267 g/mol. The fourth-order valence-electron chi connectivity index (χ4n) is 0.308. The number of halogens is 1. The maximum Gasteiger partial charge on any atom is 0.343 e. The summed E-state index contributed by atoms with van der Waals surface area (Å²) >= 11 is 1.75. The van der Waals surface area contributed by atoms with Crippen molar-refractivity contribution in [1.29, 1.82) is 0 Å². The SMILES string of the molecule is C=C(I)C(=O)OCCN=C=O. The van der Waals surface area contributed by atoms with Crippen LogP contribution >= 0.6 is 22.6 Å². The number of esters is 1. The molecule has 5 heteroatoms. The fourth-order valence-corrected chi connectivity index (χ4v) is 0.464. The van der Waals surface area contributed by atoms with Crippen LogP contribution in [0.25, 0.3) is 0 Å². The summed E-state index contributed by atoms with van der Waals surface area (Å²) in [6.07, 6.45) is 1.33. The fraction of sp³-hybridized carbons (Fsp3) is 0.333. The number of ether oxygens (including phenoxy) is 1. The van der Waals surface area contributed by atoms with E-state index in [1.807, 2.05) is 0 Å². The van der Waals surface area contributed by atoms with Crippen LogP contribution in [0.2, 0.25) is 0 Å². The van der Waals surface area contributed by atoms with Gasteiger partial charge in [0.05, 0.1) is 10.1 Å². The van der Waals surface area contributed by atoms with E-state index >= 15 is 0 Å². The molecule has 60 valence electrons. The molecule has 0 aromatic carbocycles. The van der Waals surface area contributed by atoms with Gasteiger partial charge in [-0.1, -0.05) is 6.58 Å². The van der Waals surface area contributed by atoms with Gasteiger partial charge in [-0.2, -0.15) is 0 Å². The monoisotopic (exact) mass is 267 g/mol. The highest BCUT2D eigenvalue weighted by Gasteiger charge is 2.02. The van der Waals surface area contributed by atoms with Gasteiger partial charge in [0.1, 0.15) is 6.61 Å². The standard InChI is InChI=1S/C6H6INO3/c1-5(7)6(10)11-3-2-8-4-9/h1-3H2. The Morgan fingerprint density at radius 1 is 1.73 bits per heavy atom. The molecule has 0 unspecified atom stereocenters. The highest BCUT2D eigenvalue weighted by molar-refractivity contribution is 14.1. The van der Waals surface area contributed by atoms with E-state index in [1.54, 1.807) is 22.6 Å². The van der Waals surface area contributed by atoms with Gasteiger partial charge >= 0.3 is 5.97 Å². The highest BCUT2D eigenvalue weighted by atomic mass is 127. The largest absolute Gasteiger partial charge is 0.460 e. The van der Waals surface area contributed by atoms with Gasteiger partial charge in [-0.05, 0) is 22.6 Å². The molecule has 0 aliphatic carbocycles. The van der Waals surface area contributed by atoms with Crippen LogP contribution in [0.5, 0.6) is 0 Å². The second kappa shape index (κ2) is 6.06. The third kappa shape index (κ3) is 5.75. The summed E-state index contributed by atoms with van der Waals surface area (Å²) in [6, 6.07) is 0. The first-order valence-corrected chi connectivity index (χ1v) is 3.81. The zero-order valence-corrected chi connectivity index (χ0v) is 7.83. The molecule has 0 amide bonds. The maximum absolute atomic E-state index is 10.6. The van der Waals surface area contributed by atoms with Gasteiger partial charge in [0.25, 0.3) is 0 Å². The summed E-state index contributed by atoms with van der Waals surface area (Å²) in [5.41, 5.74) is 0. The van der Waals surface area contributed by atoms with Crippen LogP contribution in [0.4, 0.5) is 0 Å². The number of carbonyl (C=O) groups is 1. The first-order chi connectivity index (χ1) is 5.18. The van der Waals surface area contributed by atoms with E-state index in [9.17, 15) is 9.59 Å². The van der Waals surface area contributed by atoms with E-state index in [0.717, 1.165) is 0 Å². The lowest BCUT2D eigenvalue weighted by molar-refractivity contribution is -0.137. The summed E-state index contributed by atoms with van der Waals surface area (Å²) in [7, 11) is 0. The maximum atomic E-state index is 10.6. The third-order valence-corrected chi connectivity index (χ3v) is 1.16. The lowest BCUT2D eigenvalue weighted by Gasteiger charge is -1.98. The Bertz CT molecular complexity index is 208. The molecule has 0 aliphatic rings. The molecule has 11 heavy (non-hydrogen) atoms. The lowest BCUT2D eigenvalue weighted by Crippen LogP contribution is -2.06. The van der Waals surface area contributed by atoms with Crippen molar-refractivity contribution < 1.29 is 14.3 Å². The molecule has 0 spiro atoms. The Morgan fingerprint density at radius 3 is 2.82 bits per heavy atom. The molecule has 0 heterocycles. The minimum atomic E-state index is -0.480. The van der Waals surface area contributed by atoms with Crippen molar-refractivity contribution in [2.75, 3.05) is 13.2 Å². The molecule has 0 N–H and O–H groups in total. The highest BCUT2D eigenvalue weighted by Crippen LogP contribution is 2.03. The number of carbonyl (C=O) groups excluding carboxylic acids is 2. The van der Waals surface area contributed by atoms with E-state index in [1.165, 1.54) is 6.08 Å². The van der Waals surface area contributed by atoms with E-state index in [4.69, 9.17) is 0 Å². The van der Waals surface area contributed by atoms with Crippen LogP contribution in [-0.4, -0.2) is 25.2 Å². The van der Waals surface area contributed by atoms with Crippen LogP contribution in [0.1, 0.15) is 0 Å². The Labute approximate surface area is 77.5 Å². The number of isocyanates is 1. The van der Waals surface area contributed by atoms with Crippen molar-refractivity contribution in [2.24, 2.45) is 4.99 Å². The van der Waals surface area contributed by atoms with Gasteiger partial charge in [0.15, 0.2) is 0 Å². The molecular formula is C6H6INO3. The molecule has 0 aromatic rings. The zero-order valence-electron chi connectivity index (χ0n) is 5.67. The van der Waals surface area contributed by atoms with E-state index < -0.39 is 5.97 Å². The van der Waals surface area contributed by atoms with Crippen LogP contribution < -0.4 is 0 Å². The van der Waals surface area contributed by atoms with Gasteiger partial charge in [0, 0.05) is 0 Å². The zero-order chi connectivity index (χ0) is 8.69. The molecule has 0 fully saturated rings. The lowest BCUT2D eigenvalue weighted by atomic mass is 10.6. The predicted octanol–water partition coefficient (Wildman–Crippen LogP) is 0.814. The minimum absolute atomic E-state index is 0.0933. The van der Waals surface area contributed by atoms with Gasteiger partial charge in [-0.15, -0.1) is 0 Å². The van der Waals surface area contributed by atoms with Crippen molar-refractivity contribution >= 4 is 34.6 Å². The van der Waals surface area contributed by atoms with Crippen molar-refractivity contribution in [3.63, 3.8) is 0 Å². The number of hydrogen-bond acceptors (Lipinski definition) is 4. The molecule has 0 radical (unpaired) electrons. The van der Waals surface area contributed by atoms with Crippen molar-refractivity contribution in [3.8, 4) is 0 Å². The summed E-state index contributed by atoms with van der Waals surface area (Å²) in [6.45, 7) is 3.60. The van der Waals surface area contributed by atoms with Gasteiger partial charge in [-0.25, -0.2) is 14.6 Å². The van der Waals surface area contributed by atoms with E-state index in [-0.39, 0.29) is 13.2 Å². The number of nitrogens with zero attached hydrogens (tertiary/aromatic N) is 1. The summed E-state index contributed by atoms with van der Waals surface area (Å²) < 4.78 is 4.89. The van der Waals surface area contributed by atoms with Crippen LogP contribution in [0.3, 0.4) is 0 Å². The average Bonchev–Trinajstić information content (AvgIpc) is 1.97. The van der Waals surface area contributed by atoms with Crippen LogP contribution in [-0.2, 0) is 14.3 Å². The molecule has 0 rings (SSSR count). The molecule has 0 saturated carbocycles. The van der Waals surface area contributed by atoms with E-state index in [0.29, 0.717) is 3.58 Å². The molecule has 0 bridgehead atoms. The summed E-state index contributed by atoms with van der Waals surface area (Å²) in [5.74, 6) is -0.480. The van der Waals surface area contributed by atoms with Gasteiger partial charge in [0.2, 0.25) is 6.08 Å². The molecule has 0 aromatic heterocycles. The smallest absolute Gasteiger partial charge is 0.343 e. The molecule has 4 nitrogen and oxygen atoms in total. The van der Waals surface area contributed by atoms with Crippen molar-refractivity contribution in [3.05, 3.63) is 10.2 Å². The van der Waals surface area contributed by atoms with Crippen LogP contribution in [0.15, 0.2) is 15.2 Å². The Kier molecular flexibility index (Phi) is 5.68. The van der Waals surface area contributed by atoms with Crippen molar-refractivity contribution in [1.82, 2.24) is 0 Å². The third-order valence-electron chi connectivity index (χ3n) is 0.722. The Hall–Kier alpha value is -0.680. The summed E-state index contributed by atoms with van der Waals surface area (Å²) in [5, 5.41) is 0. The predicted molar refractivity (Wildman–Crippen MR) is 47.1 cm³/mol. The van der Waals surface area contributed by atoms with E-state index in [2.05, 4.69) is 16.3 Å². The first kappa shape index (κ1) is 10.3. The van der Waals surface area contributed by atoms with Gasteiger partial charge < -0.3 is 4.74 Å². The molecule has 0 aliphatic heterocycles. The molecule has 0 saturated heterocycles. The quantitative estimate of drug-likeness (QED) is 0.189. The molecular weight excluding hydrogens is 261 g/mol. The number of rotatable bonds is 4. The number of hydrogen-bond donors (Lipinski definition) is 0. The normalized spacial score (nSPS) is 8.09. The summed E-state index contributed by atoms with van der Waals surface area (Å²) in [4.78, 5) is 23.4. The Balaban J connectivity index is 3.47. The van der Waals surface area contributed by atoms with Crippen LogP contribution in [0, 0.1) is 0 Å².